The van der Waals surface area contributed by atoms with Gasteiger partial charge < -0.3 is 4.42 Å². The lowest BCUT2D eigenvalue weighted by Gasteiger charge is -1.99. The van der Waals surface area contributed by atoms with E-state index in [0.717, 1.165) is 30.3 Å². The largest absolute Gasteiger partial charge is 0.434 e. The normalized spacial score (nSPS) is 11.6. The molecule has 0 aliphatic rings. The van der Waals surface area contributed by atoms with Crippen molar-refractivity contribution in [1.29, 1.82) is 0 Å². The Bertz CT molecular complexity index is 729. The van der Waals surface area contributed by atoms with Gasteiger partial charge >= 0.3 is 0 Å². The molecule has 28 heavy (non-hydrogen) atoms. The summed E-state index contributed by atoms with van der Waals surface area (Å²) < 4.78 is 5.61. The minimum absolute atomic E-state index is 0.0210. The van der Waals surface area contributed by atoms with Crippen LogP contribution in [0.1, 0.15) is 107 Å². The standard InChI is InChI=1S/C25H37NO2/c1-3-4-5-6-7-8-9-10-11-12-13-14-15-16-17-23(27)25-26-22-19-18-21(2)20-24(22)28-25/h10-11,18-20H,3-9,12-17H2,1-2H3/b11-10-. The van der Waals surface area contributed by atoms with Gasteiger partial charge in [-0.1, -0.05) is 70.1 Å². The number of oxazole rings is 1. The summed E-state index contributed by atoms with van der Waals surface area (Å²) in [6, 6.07) is 5.82. The maximum absolute atomic E-state index is 12.3. The summed E-state index contributed by atoms with van der Waals surface area (Å²) in [6.45, 7) is 4.27. The number of carbonyl (C=O) groups is 1. The van der Waals surface area contributed by atoms with Gasteiger partial charge in [-0.15, -0.1) is 0 Å². The average molecular weight is 384 g/mol. The maximum Gasteiger partial charge on any atom is 0.264 e. The van der Waals surface area contributed by atoms with Gasteiger partial charge in [0.25, 0.3) is 5.89 Å². The fraction of sp³-hybridized carbons (Fsp3) is 0.600. The van der Waals surface area contributed by atoms with Crippen molar-refractivity contribution < 1.29 is 9.21 Å². The zero-order valence-electron chi connectivity index (χ0n) is 17.8. The Balaban J connectivity index is 1.48. The molecule has 3 nitrogen and oxygen atoms in total. The Morgan fingerprint density at radius 3 is 2.29 bits per heavy atom. The third-order valence-corrected chi connectivity index (χ3v) is 5.20. The SMILES string of the molecule is CCCCCCCC/C=C\CCCCCCC(=O)c1nc2ccc(C)cc2o1. The quantitative estimate of drug-likeness (QED) is 0.178. The minimum atomic E-state index is 0.0210. The Kier molecular flexibility index (Phi) is 10.6. The molecule has 2 rings (SSSR count). The molecular formula is C25H37NO2. The lowest BCUT2D eigenvalue weighted by molar-refractivity contribution is 0.0947. The Morgan fingerprint density at radius 1 is 0.929 bits per heavy atom. The van der Waals surface area contributed by atoms with Gasteiger partial charge in [-0.2, -0.15) is 0 Å². The number of aryl methyl sites for hydroxylation is 1. The molecule has 1 aromatic carbocycles. The number of aromatic nitrogens is 1. The predicted molar refractivity (Wildman–Crippen MR) is 118 cm³/mol. The fourth-order valence-corrected chi connectivity index (χ4v) is 3.44. The number of unbranched alkanes of at least 4 members (excludes halogenated alkanes) is 10. The number of carbonyl (C=O) groups excluding carboxylic acids is 1. The minimum Gasteiger partial charge on any atom is -0.434 e. The van der Waals surface area contributed by atoms with Crippen molar-refractivity contribution in [3.63, 3.8) is 0 Å². The number of benzene rings is 1. The molecule has 0 saturated heterocycles. The van der Waals surface area contributed by atoms with Crippen molar-refractivity contribution in [1.82, 2.24) is 4.98 Å². The monoisotopic (exact) mass is 383 g/mol. The van der Waals surface area contributed by atoms with Crippen LogP contribution in [0.15, 0.2) is 34.8 Å². The van der Waals surface area contributed by atoms with E-state index in [2.05, 4.69) is 24.1 Å². The first-order valence-electron chi connectivity index (χ1n) is 11.3. The molecule has 0 radical (unpaired) electrons. The van der Waals surface area contributed by atoms with E-state index in [4.69, 9.17) is 4.42 Å². The second kappa shape index (κ2) is 13.3. The number of hydrogen-bond donors (Lipinski definition) is 0. The molecule has 1 heterocycles. The molecule has 0 N–H and O–H groups in total. The Morgan fingerprint density at radius 2 is 1.57 bits per heavy atom. The van der Waals surface area contributed by atoms with Gasteiger partial charge in [0, 0.05) is 6.42 Å². The molecule has 154 valence electrons. The van der Waals surface area contributed by atoms with Gasteiger partial charge in [-0.05, 0) is 56.7 Å². The molecule has 0 saturated carbocycles. The van der Waals surface area contributed by atoms with E-state index in [1.54, 1.807) is 0 Å². The van der Waals surface area contributed by atoms with E-state index in [0.29, 0.717) is 12.0 Å². The van der Waals surface area contributed by atoms with E-state index < -0.39 is 0 Å². The van der Waals surface area contributed by atoms with Crippen LogP contribution in [-0.2, 0) is 0 Å². The number of nitrogens with zero attached hydrogens (tertiary/aromatic N) is 1. The number of allylic oxidation sites excluding steroid dienone is 2. The summed E-state index contributed by atoms with van der Waals surface area (Å²) in [5, 5.41) is 0. The molecule has 0 aliphatic heterocycles. The van der Waals surface area contributed by atoms with Crippen LogP contribution in [0.2, 0.25) is 0 Å². The number of Topliss-reactive ketones (excluding diaryl/α,β-unsaturated/α-hetero) is 1. The van der Waals surface area contributed by atoms with E-state index in [-0.39, 0.29) is 11.7 Å². The van der Waals surface area contributed by atoms with Crippen LogP contribution in [0.25, 0.3) is 11.1 Å². The molecule has 2 aromatic rings. The van der Waals surface area contributed by atoms with Crippen LogP contribution in [-0.4, -0.2) is 10.8 Å². The van der Waals surface area contributed by atoms with Crippen molar-refractivity contribution >= 4 is 16.9 Å². The van der Waals surface area contributed by atoms with E-state index in [1.807, 2.05) is 25.1 Å². The Labute approximate surface area is 170 Å². The third-order valence-electron chi connectivity index (χ3n) is 5.20. The highest BCUT2D eigenvalue weighted by atomic mass is 16.4. The molecule has 0 atom stereocenters. The van der Waals surface area contributed by atoms with E-state index >= 15 is 0 Å². The van der Waals surface area contributed by atoms with Crippen molar-refractivity contribution in [3.05, 3.63) is 41.8 Å². The number of fused-ring (bicyclic) bond motifs is 1. The third kappa shape index (κ3) is 8.41. The van der Waals surface area contributed by atoms with Gasteiger partial charge in [0.05, 0.1) is 0 Å². The lowest BCUT2D eigenvalue weighted by Crippen LogP contribution is -1.98. The molecule has 0 aliphatic carbocycles. The first-order valence-corrected chi connectivity index (χ1v) is 11.3. The van der Waals surface area contributed by atoms with Crippen LogP contribution in [0.4, 0.5) is 0 Å². The molecular weight excluding hydrogens is 346 g/mol. The highest BCUT2D eigenvalue weighted by molar-refractivity contribution is 5.94. The van der Waals surface area contributed by atoms with Gasteiger partial charge in [0.2, 0.25) is 5.78 Å². The summed E-state index contributed by atoms with van der Waals surface area (Å²) in [6.07, 6.45) is 20.2. The molecule has 0 bridgehead atoms. The van der Waals surface area contributed by atoms with Crippen LogP contribution >= 0.6 is 0 Å². The summed E-state index contributed by atoms with van der Waals surface area (Å²) in [5.41, 5.74) is 2.58. The van der Waals surface area contributed by atoms with Crippen LogP contribution in [0.5, 0.6) is 0 Å². The van der Waals surface area contributed by atoms with Crippen molar-refractivity contribution in [2.45, 2.75) is 97.3 Å². The topological polar surface area (TPSA) is 43.1 Å². The predicted octanol–water partition coefficient (Wildman–Crippen LogP) is 7.97. The number of rotatable bonds is 15. The Hall–Kier alpha value is -1.90. The van der Waals surface area contributed by atoms with Gasteiger partial charge in [0.1, 0.15) is 5.52 Å². The summed E-state index contributed by atoms with van der Waals surface area (Å²) in [4.78, 5) is 16.6. The smallest absolute Gasteiger partial charge is 0.264 e. The lowest BCUT2D eigenvalue weighted by atomic mass is 10.1. The molecule has 3 heteroatoms. The van der Waals surface area contributed by atoms with Crippen molar-refractivity contribution in [2.24, 2.45) is 0 Å². The first-order chi connectivity index (χ1) is 13.7. The second-order valence-electron chi connectivity index (χ2n) is 7.89. The number of ketones is 1. The van der Waals surface area contributed by atoms with Crippen LogP contribution in [0.3, 0.4) is 0 Å². The van der Waals surface area contributed by atoms with Crippen LogP contribution in [0, 0.1) is 6.92 Å². The van der Waals surface area contributed by atoms with Gasteiger partial charge in [-0.25, -0.2) is 4.98 Å². The zero-order chi connectivity index (χ0) is 20.0. The molecule has 1 aromatic heterocycles. The molecule has 0 fully saturated rings. The van der Waals surface area contributed by atoms with Gasteiger partial charge in [-0.3, -0.25) is 4.79 Å². The second-order valence-corrected chi connectivity index (χ2v) is 7.89. The first kappa shape index (κ1) is 22.4. The van der Waals surface area contributed by atoms with Gasteiger partial charge in [0.15, 0.2) is 5.58 Å². The number of hydrogen-bond acceptors (Lipinski definition) is 3. The average Bonchev–Trinajstić information content (AvgIpc) is 3.11. The summed E-state index contributed by atoms with van der Waals surface area (Å²) >= 11 is 0. The molecule has 0 unspecified atom stereocenters. The van der Waals surface area contributed by atoms with Crippen molar-refractivity contribution in [3.8, 4) is 0 Å². The maximum atomic E-state index is 12.3. The molecule has 0 amide bonds. The fourth-order valence-electron chi connectivity index (χ4n) is 3.44. The zero-order valence-corrected chi connectivity index (χ0v) is 17.8. The van der Waals surface area contributed by atoms with E-state index in [1.165, 1.54) is 57.8 Å². The van der Waals surface area contributed by atoms with E-state index in [9.17, 15) is 4.79 Å². The molecule has 0 spiro atoms. The van der Waals surface area contributed by atoms with Crippen molar-refractivity contribution in [2.75, 3.05) is 0 Å². The highest BCUT2D eigenvalue weighted by Gasteiger charge is 2.13. The summed E-state index contributed by atoms with van der Waals surface area (Å²) in [5.74, 6) is 0.283. The van der Waals surface area contributed by atoms with Crippen LogP contribution < -0.4 is 0 Å². The highest BCUT2D eigenvalue weighted by Crippen LogP contribution is 2.19. The summed E-state index contributed by atoms with van der Waals surface area (Å²) in [7, 11) is 0.